The fraction of sp³-hybridized carbons (Fsp3) is 0.300. The van der Waals surface area contributed by atoms with Crippen molar-refractivity contribution in [2.45, 2.75) is 33.9 Å². The Labute approximate surface area is 170 Å². The Morgan fingerprint density at radius 1 is 1.21 bits per heavy atom. The summed E-state index contributed by atoms with van der Waals surface area (Å²) in [4.78, 5) is 38.4. The number of carbonyl (C=O) groups is 1. The number of hydrogen-bond donors (Lipinski definition) is 1. The van der Waals surface area contributed by atoms with Gasteiger partial charge in [-0.2, -0.15) is 0 Å². The molecule has 0 fully saturated rings. The zero-order valence-corrected chi connectivity index (χ0v) is 17.2. The Morgan fingerprint density at radius 3 is 2.69 bits per heavy atom. The number of aromatic nitrogens is 4. The number of benzene rings is 1. The van der Waals surface area contributed by atoms with Gasteiger partial charge in [0.2, 0.25) is 11.7 Å². The van der Waals surface area contributed by atoms with Crippen LogP contribution in [0.4, 0.5) is 5.69 Å². The lowest BCUT2D eigenvalue weighted by Crippen LogP contribution is -2.29. The number of para-hydroxylation sites is 1. The summed E-state index contributed by atoms with van der Waals surface area (Å²) in [7, 11) is 0. The number of rotatable bonds is 5. The number of thiophene rings is 1. The third-order valence-corrected chi connectivity index (χ3v) is 5.54. The molecule has 9 heteroatoms. The highest BCUT2D eigenvalue weighted by Gasteiger charge is 2.20. The van der Waals surface area contributed by atoms with Gasteiger partial charge in [-0.15, -0.1) is 16.4 Å². The van der Waals surface area contributed by atoms with Crippen LogP contribution in [0.25, 0.3) is 16.0 Å². The largest absolute Gasteiger partial charge is 0.352 e. The number of aryl methyl sites for hydroxylation is 1. The molecule has 0 unspecified atom stereocenters. The zero-order chi connectivity index (χ0) is 20.7. The number of hydrogen-bond acceptors (Lipinski definition) is 5. The third kappa shape index (κ3) is 3.38. The van der Waals surface area contributed by atoms with Crippen molar-refractivity contribution < 1.29 is 4.79 Å². The van der Waals surface area contributed by atoms with Crippen LogP contribution >= 0.6 is 11.3 Å². The zero-order valence-electron chi connectivity index (χ0n) is 16.4. The number of carbonyl (C=O) groups excluding carboxylic acids is 1. The molecule has 150 valence electrons. The van der Waals surface area contributed by atoms with Crippen molar-refractivity contribution in [3.63, 3.8) is 0 Å². The van der Waals surface area contributed by atoms with Crippen molar-refractivity contribution in [3.8, 4) is 0 Å². The molecular formula is C20H21N5O3S. The molecule has 0 saturated heterocycles. The van der Waals surface area contributed by atoms with Gasteiger partial charge in [0.15, 0.2) is 0 Å². The highest BCUT2D eigenvalue weighted by molar-refractivity contribution is 7.17. The molecule has 0 spiro atoms. The van der Waals surface area contributed by atoms with Crippen LogP contribution in [0.2, 0.25) is 0 Å². The first kappa shape index (κ1) is 19.1. The Morgan fingerprint density at radius 2 is 1.97 bits per heavy atom. The van der Waals surface area contributed by atoms with Crippen LogP contribution in [0.1, 0.15) is 19.4 Å². The molecule has 8 nitrogen and oxygen atoms in total. The van der Waals surface area contributed by atoms with Crippen molar-refractivity contribution >= 4 is 38.9 Å². The number of fused-ring (bicyclic) bond motifs is 3. The summed E-state index contributed by atoms with van der Waals surface area (Å²) in [5, 5.41) is 8.92. The Hall–Kier alpha value is -3.20. The lowest BCUT2D eigenvalue weighted by atomic mass is 10.2. The first-order valence-electron chi connectivity index (χ1n) is 9.32. The molecule has 0 aliphatic heterocycles. The summed E-state index contributed by atoms with van der Waals surface area (Å²) in [5.74, 6) is 0.0888. The van der Waals surface area contributed by atoms with E-state index >= 15 is 0 Å². The molecule has 0 bridgehead atoms. The second kappa shape index (κ2) is 7.32. The second-order valence-corrected chi connectivity index (χ2v) is 8.30. The number of nitrogens with one attached hydrogen (secondary N) is 1. The highest BCUT2D eigenvalue weighted by Crippen LogP contribution is 2.18. The molecule has 3 aromatic heterocycles. The molecule has 3 heterocycles. The first-order chi connectivity index (χ1) is 13.9. The van der Waals surface area contributed by atoms with E-state index in [1.165, 1.54) is 20.3 Å². The smallest absolute Gasteiger partial charge is 0.324 e. The maximum Gasteiger partial charge on any atom is 0.352 e. The molecule has 0 aliphatic carbocycles. The molecule has 0 saturated carbocycles. The van der Waals surface area contributed by atoms with Gasteiger partial charge >= 0.3 is 5.69 Å². The Kier molecular flexibility index (Phi) is 4.83. The molecule has 1 N–H and O–H groups in total. The van der Waals surface area contributed by atoms with E-state index in [4.69, 9.17) is 0 Å². The van der Waals surface area contributed by atoms with Gasteiger partial charge < -0.3 is 5.32 Å². The average molecular weight is 411 g/mol. The minimum atomic E-state index is -0.444. The molecule has 0 radical (unpaired) electrons. The topological polar surface area (TPSA) is 90.4 Å². The SMILES string of the molecule is Cc1ccccc1NC(=O)Cn1nc2n(CC(C)C)c(=O)c3sccc3n2c1=O. The van der Waals surface area contributed by atoms with E-state index < -0.39 is 5.69 Å². The molecule has 1 amide bonds. The fourth-order valence-corrected chi connectivity index (χ4v) is 4.13. The summed E-state index contributed by atoms with van der Waals surface area (Å²) in [6.45, 7) is 6.07. The molecule has 4 aromatic rings. The first-order valence-corrected chi connectivity index (χ1v) is 10.2. The van der Waals surface area contributed by atoms with Crippen LogP contribution in [-0.4, -0.2) is 24.7 Å². The maximum absolute atomic E-state index is 13.0. The third-order valence-electron chi connectivity index (χ3n) is 4.65. The summed E-state index contributed by atoms with van der Waals surface area (Å²) < 4.78 is 4.54. The van der Waals surface area contributed by atoms with Gasteiger partial charge in [-0.25, -0.2) is 13.9 Å². The maximum atomic E-state index is 13.0. The van der Waals surface area contributed by atoms with Crippen molar-refractivity contribution in [1.29, 1.82) is 0 Å². The molecular weight excluding hydrogens is 390 g/mol. The van der Waals surface area contributed by atoms with Gasteiger partial charge in [0.1, 0.15) is 11.2 Å². The monoisotopic (exact) mass is 411 g/mol. The predicted octanol–water partition coefficient (Wildman–Crippen LogP) is 2.48. The van der Waals surface area contributed by atoms with E-state index in [9.17, 15) is 14.4 Å². The van der Waals surface area contributed by atoms with Gasteiger partial charge in [-0.3, -0.25) is 14.2 Å². The van der Waals surface area contributed by atoms with Gasteiger partial charge in [-0.05, 0) is 35.9 Å². The predicted molar refractivity (Wildman–Crippen MR) is 114 cm³/mol. The van der Waals surface area contributed by atoms with Crippen molar-refractivity contribution in [2.75, 3.05) is 5.32 Å². The summed E-state index contributed by atoms with van der Waals surface area (Å²) in [6.07, 6.45) is 0. The van der Waals surface area contributed by atoms with Gasteiger partial charge in [0.05, 0.1) is 5.52 Å². The van der Waals surface area contributed by atoms with Crippen molar-refractivity contribution in [3.05, 3.63) is 62.1 Å². The number of anilines is 1. The standard InChI is InChI=1S/C20H21N5O3S/c1-12(2)10-23-18(27)17-15(8-9-29-17)25-19(23)22-24(20(25)28)11-16(26)21-14-7-5-4-6-13(14)3/h4-9,12H,10-11H2,1-3H3,(H,21,26). The molecule has 0 atom stereocenters. The minimum Gasteiger partial charge on any atom is -0.324 e. The van der Waals surface area contributed by atoms with Crippen LogP contribution in [-0.2, 0) is 17.9 Å². The summed E-state index contributed by atoms with van der Waals surface area (Å²) in [5.41, 5.74) is 1.52. The fourth-order valence-electron chi connectivity index (χ4n) is 3.31. The van der Waals surface area contributed by atoms with Crippen molar-refractivity contribution in [1.82, 2.24) is 18.7 Å². The van der Waals surface area contributed by atoms with E-state index in [1.54, 1.807) is 17.5 Å². The van der Waals surface area contributed by atoms with E-state index in [0.717, 1.165) is 10.2 Å². The molecule has 4 rings (SSSR count). The molecule has 0 aliphatic rings. The van der Waals surface area contributed by atoms with Crippen LogP contribution in [0.5, 0.6) is 0 Å². The normalized spacial score (nSPS) is 11.6. The number of amides is 1. The van der Waals surface area contributed by atoms with Gasteiger partial charge in [0, 0.05) is 12.2 Å². The van der Waals surface area contributed by atoms with Crippen molar-refractivity contribution in [2.24, 2.45) is 5.92 Å². The lowest BCUT2D eigenvalue weighted by molar-refractivity contribution is -0.117. The minimum absolute atomic E-state index is 0.169. The van der Waals surface area contributed by atoms with Gasteiger partial charge in [-0.1, -0.05) is 32.0 Å². The van der Waals surface area contributed by atoms with E-state index in [2.05, 4.69) is 10.4 Å². The molecule has 1 aromatic carbocycles. The second-order valence-electron chi connectivity index (χ2n) is 7.38. The van der Waals surface area contributed by atoms with Crippen LogP contribution in [0.3, 0.4) is 0 Å². The van der Waals surface area contributed by atoms with E-state index in [0.29, 0.717) is 22.4 Å². The van der Waals surface area contributed by atoms with Crippen LogP contribution in [0, 0.1) is 12.8 Å². The van der Waals surface area contributed by atoms with E-state index in [-0.39, 0.29) is 29.7 Å². The summed E-state index contributed by atoms with van der Waals surface area (Å²) in [6, 6.07) is 9.14. The lowest BCUT2D eigenvalue weighted by Gasteiger charge is -2.09. The highest BCUT2D eigenvalue weighted by atomic mass is 32.1. The molecule has 29 heavy (non-hydrogen) atoms. The Balaban J connectivity index is 1.79. The average Bonchev–Trinajstić information content (AvgIpc) is 3.26. The number of nitrogens with zero attached hydrogens (tertiary/aromatic N) is 4. The summed E-state index contributed by atoms with van der Waals surface area (Å²) >= 11 is 1.30. The Bertz CT molecular complexity index is 1340. The van der Waals surface area contributed by atoms with Crippen LogP contribution in [0.15, 0.2) is 45.3 Å². The van der Waals surface area contributed by atoms with E-state index in [1.807, 2.05) is 39.0 Å². The van der Waals surface area contributed by atoms with Gasteiger partial charge in [0.25, 0.3) is 5.56 Å². The quantitative estimate of drug-likeness (QED) is 0.546. The van der Waals surface area contributed by atoms with Crippen LogP contribution < -0.4 is 16.6 Å².